The Hall–Kier alpha value is -1.03. The summed E-state index contributed by atoms with van der Waals surface area (Å²) in [7, 11) is -0.737. The van der Waals surface area contributed by atoms with Crippen molar-refractivity contribution in [1.82, 2.24) is 0 Å². The first-order valence-electron chi connectivity index (χ1n) is 6.86. The second-order valence-electron chi connectivity index (χ2n) is 4.66. The van der Waals surface area contributed by atoms with Gasteiger partial charge in [0.05, 0.1) is 13.2 Å². The summed E-state index contributed by atoms with van der Waals surface area (Å²) >= 11 is 0. The van der Waals surface area contributed by atoms with Crippen LogP contribution in [0.4, 0.5) is 0 Å². The van der Waals surface area contributed by atoms with Crippen LogP contribution in [0.15, 0.2) is 24.3 Å². The zero-order valence-corrected chi connectivity index (χ0v) is 12.9. The van der Waals surface area contributed by atoms with Gasteiger partial charge in [0.2, 0.25) is 0 Å². The lowest BCUT2D eigenvalue weighted by Gasteiger charge is -2.09. The average Bonchev–Trinajstić information content (AvgIpc) is 2.42. The maximum atomic E-state index is 11.5. The molecular weight excluding hydrogens is 260 g/mol. The predicted molar refractivity (Wildman–Crippen MR) is 80.5 cm³/mol. The molecule has 0 fully saturated rings. The molecule has 0 aliphatic rings. The molecule has 3 nitrogen and oxygen atoms in total. The molecule has 0 aliphatic heterocycles. The van der Waals surface area contributed by atoms with Crippen LogP contribution in [0.3, 0.4) is 0 Å². The Kier molecular flexibility index (Phi) is 7.56. The molecule has 1 aromatic rings. The number of benzene rings is 1. The highest BCUT2D eigenvalue weighted by molar-refractivity contribution is 7.85. The molecule has 108 valence electrons. The molecule has 1 unspecified atom stereocenters. The molecule has 0 bridgehead atoms. The van der Waals surface area contributed by atoms with Crippen molar-refractivity contribution in [3.63, 3.8) is 0 Å². The highest BCUT2D eigenvalue weighted by Crippen LogP contribution is 2.17. The van der Waals surface area contributed by atoms with Crippen molar-refractivity contribution >= 4 is 10.8 Å². The maximum absolute atomic E-state index is 11.5. The summed E-state index contributed by atoms with van der Waals surface area (Å²) < 4.78 is 22.6. The Bertz CT molecular complexity index is 373. The van der Waals surface area contributed by atoms with E-state index < -0.39 is 10.8 Å². The van der Waals surface area contributed by atoms with Crippen molar-refractivity contribution < 1.29 is 13.7 Å². The minimum atomic E-state index is -0.737. The van der Waals surface area contributed by atoms with Gasteiger partial charge in [-0.3, -0.25) is 4.21 Å². The molecule has 0 spiro atoms. The quantitative estimate of drug-likeness (QED) is 0.652. The van der Waals surface area contributed by atoms with Gasteiger partial charge in [0.1, 0.15) is 11.5 Å². The van der Waals surface area contributed by atoms with Gasteiger partial charge in [-0.25, -0.2) is 0 Å². The molecule has 1 atom stereocenters. The van der Waals surface area contributed by atoms with Gasteiger partial charge in [0, 0.05) is 21.8 Å². The molecule has 0 aromatic heterocycles. The van der Waals surface area contributed by atoms with E-state index in [1.807, 2.05) is 38.1 Å². The SMILES string of the molecule is CCCOc1ccc(OCCCS(=O)C(C)C)cc1. The molecule has 0 saturated carbocycles. The lowest BCUT2D eigenvalue weighted by Crippen LogP contribution is -2.12. The Morgan fingerprint density at radius 3 is 2.05 bits per heavy atom. The molecule has 0 radical (unpaired) electrons. The Morgan fingerprint density at radius 2 is 1.58 bits per heavy atom. The van der Waals surface area contributed by atoms with Crippen molar-refractivity contribution in [2.45, 2.75) is 38.9 Å². The second-order valence-corrected chi connectivity index (χ2v) is 6.77. The predicted octanol–water partition coefficient (Wildman–Crippen LogP) is 3.40. The van der Waals surface area contributed by atoms with E-state index in [1.165, 1.54) is 0 Å². The number of rotatable bonds is 9. The first-order chi connectivity index (χ1) is 9.13. The first-order valence-corrected chi connectivity index (χ1v) is 8.24. The van der Waals surface area contributed by atoms with Crippen LogP contribution in [0.1, 0.15) is 33.6 Å². The maximum Gasteiger partial charge on any atom is 0.119 e. The standard InChI is InChI=1S/C15H24O3S/c1-4-10-17-14-6-8-15(9-7-14)18-11-5-12-19(16)13(2)3/h6-9,13H,4-5,10-12H2,1-3H3. The fourth-order valence-corrected chi connectivity index (χ4v) is 2.35. The zero-order chi connectivity index (χ0) is 14.1. The summed E-state index contributed by atoms with van der Waals surface area (Å²) in [6, 6.07) is 7.64. The topological polar surface area (TPSA) is 35.5 Å². The highest BCUT2D eigenvalue weighted by atomic mass is 32.2. The third kappa shape index (κ3) is 6.62. The summed E-state index contributed by atoms with van der Waals surface area (Å²) in [6.45, 7) is 7.38. The molecule has 0 saturated heterocycles. The smallest absolute Gasteiger partial charge is 0.119 e. The monoisotopic (exact) mass is 284 g/mol. The molecule has 0 amide bonds. The van der Waals surface area contributed by atoms with Crippen molar-refractivity contribution in [1.29, 1.82) is 0 Å². The molecular formula is C15H24O3S. The van der Waals surface area contributed by atoms with Crippen molar-refractivity contribution in [3.8, 4) is 11.5 Å². The molecule has 1 rings (SSSR count). The summed E-state index contributed by atoms with van der Waals surface area (Å²) in [5.74, 6) is 2.41. The van der Waals surface area contributed by atoms with E-state index in [0.29, 0.717) is 12.4 Å². The van der Waals surface area contributed by atoms with Crippen LogP contribution < -0.4 is 9.47 Å². The molecule has 0 heterocycles. The van der Waals surface area contributed by atoms with Gasteiger partial charge in [0.15, 0.2) is 0 Å². The Balaban J connectivity index is 2.24. The van der Waals surface area contributed by atoms with Gasteiger partial charge in [-0.05, 0) is 37.1 Å². The lowest BCUT2D eigenvalue weighted by atomic mass is 10.3. The Morgan fingerprint density at radius 1 is 1.05 bits per heavy atom. The fourth-order valence-electron chi connectivity index (χ4n) is 1.48. The van der Waals surface area contributed by atoms with E-state index in [2.05, 4.69) is 6.92 Å². The minimum Gasteiger partial charge on any atom is -0.494 e. The average molecular weight is 284 g/mol. The van der Waals surface area contributed by atoms with E-state index >= 15 is 0 Å². The van der Waals surface area contributed by atoms with Gasteiger partial charge < -0.3 is 9.47 Å². The van der Waals surface area contributed by atoms with Gasteiger partial charge >= 0.3 is 0 Å². The molecule has 0 aliphatic carbocycles. The molecule has 19 heavy (non-hydrogen) atoms. The highest BCUT2D eigenvalue weighted by Gasteiger charge is 2.04. The number of hydrogen-bond donors (Lipinski definition) is 0. The van der Waals surface area contributed by atoms with Crippen LogP contribution >= 0.6 is 0 Å². The molecule has 4 heteroatoms. The third-order valence-corrected chi connectivity index (χ3v) is 4.32. The zero-order valence-electron chi connectivity index (χ0n) is 12.1. The van der Waals surface area contributed by atoms with E-state index in [-0.39, 0.29) is 5.25 Å². The first kappa shape index (κ1) is 16.0. The summed E-state index contributed by atoms with van der Waals surface area (Å²) in [5.41, 5.74) is 0. The van der Waals surface area contributed by atoms with Crippen LogP contribution in [0.5, 0.6) is 11.5 Å². The van der Waals surface area contributed by atoms with Crippen molar-refractivity contribution in [3.05, 3.63) is 24.3 Å². The largest absolute Gasteiger partial charge is 0.494 e. The normalized spacial score (nSPS) is 12.4. The van der Waals surface area contributed by atoms with Gasteiger partial charge in [-0.15, -0.1) is 0 Å². The van der Waals surface area contributed by atoms with Crippen LogP contribution in [0.2, 0.25) is 0 Å². The van der Waals surface area contributed by atoms with Crippen LogP contribution in [0.25, 0.3) is 0 Å². The van der Waals surface area contributed by atoms with Crippen molar-refractivity contribution in [2.24, 2.45) is 0 Å². The molecule has 1 aromatic carbocycles. The van der Waals surface area contributed by atoms with E-state index in [1.54, 1.807) is 0 Å². The van der Waals surface area contributed by atoms with Crippen LogP contribution in [0, 0.1) is 0 Å². The van der Waals surface area contributed by atoms with Crippen molar-refractivity contribution in [2.75, 3.05) is 19.0 Å². The Labute approximate surface area is 118 Å². The van der Waals surface area contributed by atoms with E-state index in [0.717, 1.165) is 30.9 Å². The van der Waals surface area contributed by atoms with E-state index in [4.69, 9.17) is 9.47 Å². The fraction of sp³-hybridized carbons (Fsp3) is 0.600. The second kappa shape index (κ2) is 8.97. The van der Waals surface area contributed by atoms with Crippen LogP contribution in [-0.4, -0.2) is 28.4 Å². The van der Waals surface area contributed by atoms with Crippen LogP contribution in [-0.2, 0) is 10.8 Å². The summed E-state index contributed by atoms with van der Waals surface area (Å²) in [6.07, 6.45) is 1.82. The van der Waals surface area contributed by atoms with E-state index in [9.17, 15) is 4.21 Å². The summed E-state index contributed by atoms with van der Waals surface area (Å²) in [5, 5.41) is 0.231. The van der Waals surface area contributed by atoms with Gasteiger partial charge in [-0.2, -0.15) is 0 Å². The third-order valence-electron chi connectivity index (χ3n) is 2.58. The number of hydrogen-bond acceptors (Lipinski definition) is 3. The lowest BCUT2D eigenvalue weighted by molar-refractivity contribution is 0.309. The molecule has 0 N–H and O–H groups in total. The van der Waals surface area contributed by atoms with Gasteiger partial charge in [0.25, 0.3) is 0 Å². The summed E-state index contributed by atoms with van der Waals surface area (Å²) in [4.78, 5) is 0. The number of ether oxygens (including phenoxy) is 2. The van der Waals surface area contributed by atoms with Gasteiger partial charge in [-0.1, -0.05) is 20.8 Å². The minimum absolute atomic E-state index is 0.231.